The molecule has 6 nitrogen and oxygen atoms in total. The Kier molecular flexibility index (Phi) is 7.07. The van der Waals surface area contributed by atoms with E-state index in [1.54, 1.807) is 32.1 Å². The number of amides is 2. The number of benzene rings is 2. The number of nitrogens with zero attached hydrogens (tertiary/aromatic N) is 1. The minimum atomic E-state index is -0.780. The number of nitrogens with one attached hydrogen (secondary N) is 2. The highest BCUT2D eigenvalue weighted by atomic mass is 32.1. The predicted molar refractivity (Wildman–Crippen MR) is 124 cm³/mol. The molecule has 0 aliphatic carbocycles. The summed E-state index contributed by atoms with van der Waals surface area (Å²) in [6, 6.07) is 16.2. The Hall–Kier alpha value is -3.19. The summed E-state index contributed by atoms with van der Waals surface area (Å²) in [5.74, 6) is -0.313. The quantitative estimate of drug-likeness (QED) is 0.556. The number of rotatable bonds is 6. The largest absolute Gasteiger partial charge is 0.444 e. The van der Waals surface area contributed by atoms with E-state index < -0.39 is 17.7 Å². The molecule has 0 radical (unpaired) electrons. The molecule has 0 saturated heterocycles. The van der Waals surface area contributed by atoms with Gasteiger partial charge >= 0.3 is 6.09 Å². The average Bonchev–Trinajstić information content (AvgIpc) is 3.14. The van der Waals surface area contributed by atoms with Gasteiger partial charge in [0.25, 0.3) is 0 Å². The molecule has 0 fully saturated rings. The Morgan fingerprint density at radius 2 is 1.74 bits per heavy atom. The maximum Gasteiger partial charge on any atom is 0.408 e. The molecule has 0 unspecified atom stereocenters. The number of carbonyl (C=O) groups is 2. The summed E-state index contributed by atoms with van der Waals surface area (Å²) in [7, 11) is 0. The molecule has 2 N–H and O–H groups in total. The molecule has 3 rings (SSSR count). The fourth-order valence-electron chi connectivity index (χ4n) is 2.96. The van der Waals surface area contributed by atoms with Crippen molar-refractivity contribution in [3.8, 4) is 11.3 Å². The first-order valence-corrected chi connectivity index (χ1v) is 10.9. The number of aryl methyl sites for hydroxylation is 1. The summed E-state index contributed by atoms with van der Waals surface area (Å²) < 4.78 is 5.34. The molecule has 1 atom stereocenters. The third-order valence-electron chi connectivity index (χ3n) is 4.36. The highest BCUT2D eigenvalue weighted by Gasteiger charge is 2.25. The Bertz CT molecular complexity index is 1020. The normalized spacial score (nSPS) is 12.1. The van der Waals surface area contributed by atoms with E-state index >= 15 is 0 Å². The van der Waals surface area contributed by atoms with Crippen LogP contribution < -0.4 is 10.6 Å². The van der Waals surface area contributed by atoms with Crippen molar-refractivity contribution >= 4 is 29.0 Å². The SMILES string of the molecule is Cc1nc(-c2ccc(NC(=O)[C@@H](Cc3ccccc3)NC(=O)OC(C)(C)C)cc2)cs1. The van der Waals surface area contributed by atoms with Gasteiger partial charge in [-0.15, -0.1) is 11.3 Å². The van der Waals surface area contributed by atoms with Crippen molar-refractivity contribution in [3.63, 3.8) is 0 Å². The number of ether oxygens (including phenoxy) is 1. The van der Waals surface area contributed by atoms with Crippen LogP contribution in [0, 0.1) is 6.92 Å². The zero-order valence-electron chi connectivity index (χ0n) is 18.1. The molecular weight excluding hydrogens is 410 g/mol. The lowest BCUT2D eigenvalue weighted by Gasteiger charge is -2.23. The Labute approximate surface area is 186 Å². The third-order valence-corrected chi connectivity index (χ3v) is 5.13. The molecule has 0 aliphatic rings. The van der Waals surface area contributed by atoms with E-state index in [-0.39, 0.29) is 5.91 Å². The molecule has 0 saturated carbocycles. The van der Waals surface area contributed by atoms with Gasteiger partial charge in [-0.2, -0.15) is 0 Å². The maximum absolute atomic E-state index is 13.0. The van der Waals surface area contributed by atoms with Crippen molar-refractivity contribution < 1.29 is 14.3 Å². The van der Waals surface area contributed by atoms with Crippen molar-refractivity contribution in [2.45, 2.75) is 45.8 Å². The van der Waals surface area contributed by atoms with Crippen molar-refractivity contribution in [3.05, 3.63) is 70.5 Å². The van der Waals surface area contributed by atoms with Gasteiger partial charge in [-0.3, -0.25) is 4.79 Å². The van der Waals surface area contributed by atoms with Gasteiger partial charge in [0.05, 0.1) is 10.7 Å². The molecule has 2 aromatic carbocycles. The van der Waals surface area contributed by atoms with E-state index in [1.165, 1.54) is 0 Å². The second-order valence-corrected chi connectivity index (χ2v) is 9.27. The number of hydrogen-bond donors (Lipinski definition) is 2. The van der Waals surface area contributed by atoms with Gasteiger partial charge in [0.1, 0.15) is 11.6 Å². The number of alkyl carbamates (subject to hydrolysis) is 1. The van der Waals surface area contributed by atoms with Gasteiger partial charge in [-0.05, 0) is 45.4 Å². The maximum atomic E-state index is 13.0. The molecule has 0 aliphatic heterocycles. The fraction of sp³-hybridized carbons (Fsp3) is 0.292. The number of thiazole rings is 1. The second kappa shape index (κ2) is 9.75. The summed E-state index contributed by atoms with van der Waals surface area (Å²) >= 11 is 1.60. The monoisotopic (exact) mass is 437 g/mol. The first-order valence-electron chi connectivity index (χ1n) is 10.1. The molecule has 1 aromatic heterocycles. The summed E-state index contributed by atoms with van der Waals surface area (Å²) in [4.78, 5) is 29.8. The minimum absolute atomic E-state index is 0.313. The molecular formula is C24H27N3O3S. The topological polar surface area (TPSA) is 80.3 Å². The summed E-state index contributed by atoms with van der Waals surface area (Å²) in [5.41, 5.74) is 2.82. The predicted octanol–water partition coefficient (Wildman–Crippen LogP) is 5.19. The van der Waals surface area contributed by atoms with Crippen LogP contribution in [-0.4, -0.2) is 28.6 Å². The standard InChI is InChI=1S/C24H27N3O3S/c1-16-25-21(15-31-16)18-10-12-19(13-11-18)26-22(28)20(14-17-8-6-5-7-9-17)27-23(29)30-24(2,3)4/h5-13,15,20H,14H2,1-4H3,(H,26,28)(H,27,29)/t20-/m1/s1. The first-order chi connectivity index (χ1) is 14.7. The van der Waals surface area contributed by atoms with Crippen molar-refractivity contribution in [2.75, 3.05) is 5.32 Å². The zero-order chi connectivity index (χ0) is 22.4. The second-order valence-electron chi connectivity index (χ2n) is 8.21. The number of anilines is 1. The van der Waals surface area contributed by atoms with Crippen LogP contribution in [0.1, 0.15) is 31.3 Å². The van der Waals surface area contributed by atoms with Gasteiger partial charge in [0.2, 0.25) is 5.91 Å². The highest BCUT2D eigenvalue weighted by Crippen LogP contribution is 2.23. The van der Waals surface area contributed by atoms with Gasteiger partial charge in [0.15, 0.2) is 0 Å². The van der Waals surface area contributed by atoms with Crippen LogP contribution in [0.3, 0.4) is 0 Å². The average molecular weight is 438 g/mol. The van der Waals surface area contributed by atoms with E-state index in [9.17, 15) is 9.59 Å². The summed E-state index contributed by atoms with van der Waals surface area (Å²) in [5, 5.41) is 8.60. The van der Waals surface area contributed by atoms with E-state index in [0.29, 0.717) is 12.1 Å². The molecule has 31 heavy (non-hydrogen) atoms. The van der Waals surface area contributed by atoms with Gasteiger partial charge < -0.3 is 15.4 Å². The molecule has 162 valence electrons. The van der Waals surface area contributed by atoms with Crippen molar-refractivity contribution in [2.24, 2.45) is 0 Å². The Morgan fingerprint density at radius 1 is 1.06 bits per heavy atom. The van der Waals surface area contributed by atoms with Crippen LogP contribution in [0.15, 0.2) is 60.0 Å². The van der Waals surface area contributed by atoms with Gasteiger partial charge in [0, 0.05) is 23.1 Å². The number of carbonyl (C=O) groups excluding carboxylic acids is 2. The van der Waals surface area contributed by atoms with E-state index in [0.717, 1.165) is 21.8 Å². The lowest BCUT2D eigenvalue weighted by molar-refractivity contribution is -0.118. The highest BCUT2D eigenvalue weighted by molar-refractivity contribution is 7.09. The Balaban J connectivity index is 1.71. The van der Waals surface area contributed by atoms with Crippen LogP contribution in [0.25, 0.3) is 11.3 Å². The lowest BCUT2D eigenvalue weighted by Crippen LogP contribution is -2.47. The van der Waals surface area contributed by atoms with E-state index in [4.69, 9.17) is 4.74 Å². The van der Waals surface area contributed by atoms with Gasteiger partial charge in [-0.25, -0.2) is 9.78 Å². The molecule has 1 heterocycles. The van der Waals surface area contributed by atoms with Gasteiger partial charge in [-0.1, -0.05) is 42.5 Å². The minimum Gasteiger partial charge on any atom is -0.444 e. The lowest BCUT2D eigenvalue weighted by atomic mass is 10.1. The van der Waals surface area contributed by atoms with Crippen molar-refractivity contribution in [1.82, 2.24) is 10.3 Å². The van der Waals surface area contributed by atoms with E-state index in [2.05, 4.69) is 15.6 Å². The Morgan fingerprint density at radius 3 is 2.32 bits per heavy atom. The summed E-state index contributed by atoms with van der Waals surface area (Å²) in [6.45, 7) is 7.31. The van der Waals surface area contributed by atoms with Crippen LogP contribution >= 0.6 is 11.3 Å². The van der Waals surface area contributed by atoms with E-state index in [1.807, 2.05) is 66.9 Å². The van der Waals surface area contributed by atoms with Crippen LogP contribution in [0.4, 0.5) is 10.5 Å². The summed E-state index contributed by atoms with van der Waals surface area (Å²) in [6.07, 6.45) is -0.278. The van der Waals surface area contributed by atoms with Crippen molar-refractivity contribution in [1.29, 1.82) is 0 Å². The molecule has 0 spiro atoms. The first kappa shape index (κ1) is 22.5. The molecule has 0 bridgehead atoms. The smallest absolute Gasteiger partial charge is 0.408 e. The zero-order valence-corrected chi connectivity index (χ0v) is 19.0. The van der Waals surface area contributed by atoms with Crippen LogP contribution in [0.5, 0.6) is 0 Å². The number of aromatic nitrogens is 1. The van der Waals surface area contributed by atoms with Crippen LogP contribution in [-0.2, 0) is 16.0 Å². The van der Waals surface area contributed by atoms with Crippen LogP contribution in [0.2, 0.25) is 0 Å². The fourth-order valence-corrected chi connectivity index (χ4v) is 3.58. The molecule has 2 amide bonds. The third kappa shape index (κ3) is 6.93. The molecule has 7 heteroatoms. The molecule has 3 aromatic rings. The number of hydrogen-bond acceptors (Lipinski definition) is 5.